The Morgan fingerprint density at radius 3 is 2.05 bits per heavy atom. The number of hydrogen-bond donors (Lipinski definition) is 0. The van der Waals surface area contributed by atoms with Crippen LogP contribution in [-0.4, -0.2) is 79.8 Å². The van der Waals surface area contributed by atoms with Gasteiger partial charge >= 0.3 is 17.9 Å². The molecule has 1 saturated heterocycles. The van der Waals surface area contributed by atoms with Crippen molar-refractivity contribution in [2.24, 2.45) is 5.92 Å². The van der Waals surface area contributed by atoms with E-state index in [1.165, 1.54) is 19.9 Å². The summed E-state index contributed by atoms with van der Waals surface area (Å²) in [6.45, 7) is 13.1. The average molecular weight is 594 g/mol. The molecule has 1 saturated carbocycles. The summed E-state index contributed by atoms with van der Waals surface area (Å²) in [5.41, 5.74) is 2.86. The third kappa shape index (κ3) is 8.15. The van der Waals surface area contributed by atoms with Crippen molar-refractivity contribution in [1.29, 1.82) is 0 Å². The lowest BCUT2D eigenvalue weighted by molar-refractivity contribution is -0.569. The van der Waals surface area contributed by atoms with Crippen molar-refractivity contribution >= 4 is 29.3 Å². The van der Waals surface area contributed by atoms with E-state index in [9.17, 15) is 14.4 Å². The van der Waals surface area contributed by atoms with Crippen LogP contribution in [0.25, 0.3) is 0 Å². The minimum Gasteiger partial charge on any atom is -0.489 e. The third-order valence-corrected chi connectivity index (χ3v) is 8.00. The molecule has 2 aromatic carbocycles. The van der Waals surface area contributed by atoms with Gasteiger partial charge in [-0.15, -0.1) is 0 Å². The van der Waals surface area contributed by atoms with E-state index < -0.39 is 17.5 Å². The van der Waals surface area contributed by atoms with Crippen LogP contribution in [0, 0.1) is 5.92 Å². The number of anilines is 1. The predicted molar refractivity (Wildman–Crippen MR) is 165 cm³/mol. The molecule has 1 aliphatic heterocycles. The summed E-state index contributed by atoms with van der Waals surface area (Å²) < 4.78 is 23.8. The summed E-state index contributed by atoms with van der Waals surface area (Å²) in [7, 11) is 2.55. The van der Waals surface area contributed by atoms with Crippen LogP contribution in [0.5, 0.6) is 5.75 Å². The van der Waals surface area contributed by atoms with E-state index in [0.29, 0.717) is 23.3 Å². The first-order chi connectivity index (χ1) is 20.4. The number of piperidine rings is 1. The van der Waals surface area contributed by atoms with Crippen LogP contribution in [0.15, 0.2) is 42.5 Å². The summed E-state index contributed by atoms with van der Waals surface area (Å²) in [6.07, 6.45) is 3.87. The van der Waals surface area contributed by atoms with E-state index in [4.69, 9.17) is 18.9 Å². The Labute approximate surface area is 254 Å². The summed E-state index contributed by atoms with van der Waals surface area (Å²) in [4.78, 5) is 39.1. The highest BCUT2D eigenvalue weighted by molar-refractivity contribution is 6.03. The highest BCUT2D eigenvalue weighted by Crippen LogP contribution is 2.29. The molecule has 0 atom stereocenters. The fraction of sp³-hybridized carbons (Fsp3) is 0.529. The van der Waals surface area contributed by atoms with E-state index in [2.05, 4.69) is 23.3 Å². The van der Waals surface area contributed by atoms with Gasteiger partial charge in [0.15, 0.2) is 5.71 Å². The van der Waals surface area contributed by atoms with Gasteiger partial charge in [0.2, 0.25) is 0 Å². The van der Waals surface area contributed by atoms with Gasteiger partial charge in [-0.25, -0.2) is 19.0 Å². The van der Waals surface area contributed by atoms with Gasteiger partial charge in [0, 0.05) is 24.7 Å². The number of hydrogen-bond acceptors (Lipinski definition) is 8. The maximum absolute atomic E-state index is 12.4. The Balaban J connectivity index is 1.32. The molecule has 0 unspecified atom stereocenters. The first-order valence-corrected chi connectivity index (χ1v) is 15.1. The van der Waals surface area contributed by atoms with Gasteiger partial charge in [-0.2, -0.15) is 0 Å². The molecule has 0 aromatic heterocycles. The molecule has 0 radical (unpaired) electrons. The summed E-state index contributed by atoms with van der Waals surface area (Å²) in [6, 6.07) is 12.9. The van der Waals surface area contributed by atoms with Gasteiger partial charge in [0.25, 0.3) is 0 Å². The zero-order chi connectivity index (χ0) is 31.3. The third-order valence-electron chi connectivity index (χ3n) is 8.00. The van der Waals surface area contributed by atoms with E-state index in [1.807, 2.05) is 45.0 Å². The molecular formula is C34H45N2O7+. The van der Waals surface area contributed by atoms with Gasteiger partial charge < -0.3 is 23.8 Å². The number of methoxy groups -OCH3 is 2. The van der Waals surface area contributed by atoms with Crippen LogP contribution in [0.2, 0.25) is 0 Å². The van der Waals surface area contributed by atoms with Crippen molar-refractivity contribution in [3.8, 4) is 5.75 Å². The smallest absolute Gasteiger partial charge is 0.338 e. The fourth-order valence-corrected chi connectivity index (χ4v) is 5.64. The maximum atomic E-state index is 12.4. The molecule has 1 aliphatic carbocycles. The Morgan fingerprint density at radius 2 is 1.49 bits per heavy atom. The SMILES string of the molecule is COC(=O)c1ccc(OC2CC(=[N+](CC3CCN(c4ccc(C(=O)OC(C)(C)C)cc4)CC3)C(C)C)C2)cc1C(=O)OC. The monoisotopic (exact) mass is 593 g/mol. The summed E-state index contributed by atoms with van der Waals surface area (Å²) >= 11 is 0. The first kappa shape index (κ1) is 32.0. The molecular weight excluding hydrogens is 548 g/mol. The van der Waals surface area contributed by atoms with Crippen molar-refractivity contribution < 1.29 is 37.9 Å². The molecule has 232 valence electrons. The lowest BCUT2D eigenvalue weighted by atomic mass is 9.90. The van der Waals surface area contributed by atoms with Gasteiger partial charge in [-0.3, -0.25) is 0 Å². The topological polar surface area (TPSA) is 94.4 Å². The van der Waals surface area contributed by atoms with Crippen molar-refractivity contribution in [2.45, 2.75) is 78.0 Å². The Morgan fingerprint density at radius 1 is 0.884 bits per heavy atom. The Kier molecular flexibility index (Phi) is 10.1. The molecule has 2 aromatic rings. The van der Waals surface area contributed by atoms with Gasteiger partial charge in [0.05, 0.1) is 43.8 Å². The zero-order valence-electron chi connectivity index (χ0n) is 26.5. The molecule has 2 fully saturated rings. The van der Waals surface area contributed by atoms with E-state index in [1.54, 1.807) is 18.2 Å². The minimum atomic E-state index is -0.610. The number of carbonyl (C=O) groups excluding carboxylic acids is 3. The van der Waals surface area contributed by atoms with Crippen molar-refractivity contribution in [2.75, 3.05) is 38.8 Å². The average Bonchev–Trinajstić information content (AvgIpc) is 2.96. The first-order valence-electron chi connectivity index (χ1n) is 15.1. The second kappa shape index (κ2) is 13.6. The number of benzene rings is 2. The summed E-state index contributed by atoms with van der Waals surface area (Å²) in [5.74, 6) is -0.377. The number of esters is 3. The van der Waals surface area contributed by atoms with E-state index in [-0.39, 0.29) is 23.2 Å². The highest BCUT2D eigenvalue weighted by atomic mass is 16.6. The van der Waals surface area contributed by atoms with Crippen LogP contribution < -0.4 is 9.64 Å². The van der Waals surface area contributed by atoms with Crippen LogP contribution in [0.3, 0.4) is 0 Å². The van der Waals surface area contributed by atoms with Crippen molar-refractivity contribution in [3.63, 3.8) is 0 Å². The minimum absolute atomic E-state index is 0.0104. The van der Waals surface area contributed by atoms with Crippen LogP contribution >= 0.6 is 0 Å². The normalized spacial score (nSPS) is 17.3. The molecule has 9 heteroatoms. The molecule has 0 spiro atoms. The molecule has 0 amide bonds. The zero-order valence-corrected chi connectivity index (χ0v) is 26.5. The molecule has 4 rings (SSSR count). The van der Waals surface area contributed by atoms with Crippen LogP contribution in [0.1, 0.15) is 91.4 Å². The fourth-order valence-electron chi connectivity index (χ4n) is 5.64. The second-order valence-corrected chi connectivity index (χ2v) is 12.6. The number of nitrogens with zero attached hydrogens (tertiary/aromatic N) is 2. The van der Waals surface area contributed by atoms with Crippen LogP contribution in [-0.2, 0) is 14.2 Å². The predicted octanol–water partition coefficient (Wildman–Crippen LogP) is 5.53. The van der Waals surface area contributed by atoms with E-state index in [0.717, 1.165) is 51.0 Å². The molecule has 43 heavy (non-hydrogen) atoms. The molecule has 0 bridgehead atoms. The van der Waals surface area contributed by atoms with Gasteiger partial charge in [0.1, 0.15) is 30.0 Å². The molecule has 9 nitrogen and oxygen atoms in total. The van der Waals surface area contributed by atoms with Crippen LogP contribution in [0.4, 0.5) is 5.69 Å². The lowest BCUT2D eigenvalue weighted by Crippen LogP contribution is -2.45. The van der Waals surface area contributed by atoms with Crippen molar-refractivity contribution in [3.05, 3.63) is 59.2 Å². The number of ether oxygens (including phenoxy) is 4. The standard InChI is InChI=1S/C34H45N2O7/c1-22(2)36(26-18-28(19-26)42-27-12-13-29(32(38)40-6)30(20-27)33(39)41-7)21-23-14-16-35(17-15-23)25-10-8-24(9-11-25)31(37)43-34(3,4)5/h8-13,20,22-23,28H,14-19,21H2,1-7H3/q+1. The van der Waals surface area contributed by atoms with Crippen molar-refractivity contribution in [1.82, 2.24) is 0 Å². The Bertz CT molecular complexity index is 1340. The molecule has 1 heterocycles. The van der Waals surface area contributed by atoms with Gasteiger partial charge in [-0.05, 0) is 89.9 Å². The second-order valence-electron chi connectivity index (χ2n) is 12.6. The lowest BCUT2D eigenvalue weighted by Gasteiger charge is -2.34. The molecule has 2 aliphatic rings. The quantitative estimate of drug-likeness (QED) is 0.213. The van der Waals surface area contributed by atoms with E-state index >= 15 is 0 Å². The number of carbonyl (C=O) groups is 3. The molecule has 0 N–H and O–H groups in total. The largest absolute Gasteiger partial charge is 0.489 e. The number of rotatable bonds is 9. The summed E-state index contributed by atoms with van der Waals surface area (Å²) in [5, 5.41) is 0. The Hall–Kier alpha value is -3.88. The maximum Gasteiger partial charge on any atom is 0.338 e. The highest BCUT2D eigenvalue weighted by Gasteiger charge is 2.37. The van der Waals surface area contributed by atoms with Gasteiger partial charge in [-0.1, -0.05) is 0 Å².